The molecule has 5 nitrogen and oxygen atoms in total. The van der Waals surface area contributed by atoms with Crippen molar-refractivity contribution < 1.29 is 14.3 Å². The summed E-state index contributed by atoms with van der Waals surface area (Å²) in [5.74, 6) is 0.608. The lowest BCUT2D eigenvalue weighted by molar-refractivity contribution is -0.118. The van der Waals surface area contributed by atoms with E-state index in [1.165, 1.54) is 0 Å². The first kappa shape index (κ1) is 21.1. The van der Waals surface area contributed by atoms with Crippen LogP contribution in [0.15, 0.2) is 36.4 Å². The van der Waals surface area contributed by atoms with Crippen molar-refractivity contribution in [1.82, 2.24) is 5.32 Å². The van der Waals surface area contributed by atoms with E-state index in [1.54, 1.807) is 7.11 Å². The summed E-state index contributed by atoms with van der Waals surface area (Å²) in [5, 5.41) is 6.61. The fraction of sp³-hybridized carbons (Fsp3) is 0.381. The third-order valence-corrected chi connectivity index (χ3v) is 4.52. The van der Waals surface area contributed by atoms with Crippen molar-refractivity contribution in [2.45, 2.75) is 39.8 Å². The standard InChI is InChI=1S/C21H27ClN2O3/c1-5-15(3)23-12-16-10-18(22)21(19(11-16)26-4)27-13-20(25)24-17-8-6-14(2)7-9-17/h6-11,15,23H,5,12-13H2,1-4H3,(H,24,25)/t15-/m0/s1. The van der Waals surface area contributed by atoms with E-state index in [2.05, 4.69) is 24.5 Å². The van der Waals surface area contributed by atoms with E-state index in [1.807, 2.05) is 43.3 Å². The van der Waals surface area contributed by atoms with Gasteiger partial charge in [0.15, 0.2) is 18.1 Å². The van der Waals surface area contributed by atoms with E-state index >= 15 is 0 Å². The van der Waals surface area contributed by atoms with Gasteiger partial charge in [0.25, 0.3) is 5.91 Å². The van der Waals surface area contributed by atoms with Crippen molar-refractivity contribution in [3.8, 4) is 11.5 Å². The van der Waals surface area contributed by atoms with Crippen LogP contribution in [0.1, 0.15) is 31.4 Å². The number of aryl methyl sites for hydroxylation is 1. The minimum absolute atomic E-state index is 0.158. The van der Waals surface area contributed by atoms with Crippen LogP contribution < -0.4 is 20.1 Å². The number of carbonyl (C=O) groups is 1. The normalized spacial score (nSPS) is 11.7. The van der Waals surface area contributed by atoms with Gasteiger partial charge >= 0.3 is 0 Å². The number of carbonyl (C=O) groups excluding carboxylic acids is 1. The summed E-state index contributed by atoms with van der Waals surface area (Å²) in [6.07, 6.45) is 1.04. The van der Waals surface area contributed by atoms with E-state index in [-0.39, 0.29) is 12.5 Å². The quantitative estimate of drug-likeness (QED) is 0.658. The second-order valence-corrected chi connectivity index (χ2v) is 6.91. The first-order valence-electron chi connectivity index (χ1n) is 9.02. The Morgan fingerprint density at radius 2 is 1.93 bits per heavy atom. The molecule has 2 N–H and O–H groups in total. The molecule has 0 aliphatic heterocycles. The minimum Gasteiger partial charge on any atom is -0.493 e. The summed E-state index contributed by atoms with van der Waals surface area (Å²) in [6, 6.07) is 11.7. The fourth-order valence-corrected chi connectivity index (χ4v) is 2.71. The molecule has 2 aromatic carbocycles. The smallest absolute Gasteiger partial charge is 0.262 e. The Labute approximate surface area is 166 Å². The maximum absolute atomic E-state index is 12.1. The zero-order valence-electron chi connectivity index (χ0n) is 16.3. The summed E-state index contributed by atoms with van der Waals surface area (Å²) < 4.78 is 11.0. The average molecular weight is 391 g/mol. The summed E-state index contributed by atoms with van der Waals surface area (Å²) in [7, 11) is 1.55. The predicted octanol–water partition coefficient (Wildman–Crippen LogP) is 4.56. The average Bonchev–Trinajstić information content (AvgIpc) is 2.66. The third kappa shape index (κ3) is 6.45. The van der Waals surface area contributed by atoms with Crippen LogP contribution in [-0.4, -0.2) is 25.7 Å². The first-order chi connectivity index (χ1) is 12.9. The largest absolute Gasteiger partial charge is 0.493 e. The maximum Gasteiger partial charge on any atom is 0.262 e. The monoisotopic (exact) mass is 390 g/mol. The van der Waals surface area contributed by atoms with Crippen molar-refractivity contribution in [1.29, 1.82) is 0 Å². The second kappa shape index (κ2) is 10.2. The topological polar surface area (TPSA) is 59.6 Å². The van der Waals surface area contributed by atoms with E-state index in [9.17, 15) is 4.79 Å². The Bertz CT molecular complexity index is 763. The molecule has 1 atom stereocenters. The molecule has 0 aliphatic carbocycles. The molecule has 0 spiro atoms. The molecule has 0 radical (unpaired) electrons. The highest BCUT2D eigenvalue weighted by atomic mass is 35.5. The van der Waals surface area contributed by atoms with E-state index < -0.39 is 0 Å². The zero-order valence-corrected chi connectivity index (χ0v) is 17.0. The summed E-state index contributed by atoms with van der Waals surface area (Å²) in [4.78, 5) is 12.1. The predicted molar refractivity (Wildman–Crippen MR) is 110 cm³/mol. The van der Waals surface area contributed by atoms with Crippen LogP contribution in [-0.2, 0) is 11.3 Å². The summed E-state index contributed by atoms with van der Waals surface area (Å²) in [5.41, 5.74) is 2.84. The first-order valence-corrected chi connectivity index (χ1v) is 9.39. The van der Waals surface area contributed by atoms with Crippen LogP contribution in [0, 0.1) is 6.92 Å². The Hall–Kier alpha value is -2.24. The van der Waals surface area contributed by atoms with Crippen LogP contribution >= 0.6 is 11.6 Å². The highest BCUT2D eigenvalue weighted by Gasteiger charge is 2.14. The van der Waals surface area contributed by atoms with Gasteiger partial charge < -0.3 is 20.1 Å². The molecule has 6 heteroatoms. The molecular formula is C21H27ClN2O3. The number of methoxy groups -OCH3 is 1. The van der Waals surface area contributed by atoms with Crippen LogP contribution in [0.4, 0.5) is 5.69 Å². The Kier molecular flexibility index (Phi) is 7.95. The van der Waals surface area contributed by atoms with E-state index in [4.69, 9.17) is 21.1 Å². The Balaban J connectivity index is 2.00. The molecule has 0 saturated carbocycles. The van der Waals surface area contributed by atoms with E-state index in [0.717, 1.165) is 23.2 Å². The van der Waals surface area contributed by atoms with Gasteiger partial charge in [-0.3, -0.25) is 4.79 Å². The van der Waals surface area contributed by atoms with Crippen molar-refractivity contribution in [3.63, 3.8) is 0 Å². The lowest BCUT2D eigenvalue weighted by Crippen LogP contribution is -2.24. The van der Waals surface area contributed by atoms with Gasteiger partial charge in [-0.15, -0.1) is 0 Å². The van der Waals surface area contributed by atoms with Gasteiger partial charge in [0.05, 0.1) is 12.1 Å². The van der Waals surface area contributed by atoms with Gasteiger partial charge in [-0.25, -0.2) is 0 Å². The number of halogens is 1. The lowest BCUT2D eigenvalue weighted by atomic mass is 10.1. The maximum atomic E-state index is 12.1. The van der Waals surface area contributed by atoms with Gasteiger partial charge in [0.1, 0.15) is 0 Å². The third-order valence-electron chi connectivity index (χ3n) is 4.24. The molecule has 0 fully saturated rings. The van der Waals surface area contributed by atoms with Gasteiger partial charge in [-0.2, -0.15) is 0 Å². The van der Waals surface area contributed by atoms with Crippen molar-refractivity contribution >= 4 is 23.2 Å². The molecule has 0 bridgehead atoms. The summed E-state index contributed by atoms with van der Waals surface area (Å²) >= 11 is 6.36. The second-order valence-electron chi connectivity index (χ2n) is 6.50. The number of hydrogen-bond acceptors (Lipinski definition) is 4. The number of amides is 1. The van der Waals surface area contributed by atoms with Crippen molar-refractivity contribution in [3.05, 3.63) is 52.5 Å². The van der Waals surface area contributed by atoms with Crippen LogP contribution in [0.2, 0.25) is 5.02 Å². The summed E-state index contributed by atoms with van der Waals surface area (Å²) in [6.45, 7) is 6.77. The van der Waals surface area contributed by atoms with Crippen molar-refractivity contribution in [2.75, 3.05) is 19.0 Å². The lowest BCUT2D eigenvalue weighted by Gasteiger charge is -2.16. The van der Waals surface area contributed by atoms with Gasteiger partial charge in [-0.05, 0) is 50.1 Å². The van der Waals surface area contributed by atoms with Crippen LogP contribution in [0.5, 0.6) is 11.5 Å². The van der Waals surface area contributed by atoms with Gasteiger partial charge in [0, 0.05) is 18.3 Å². The number of benzene rings is 2. The number of ether oxygens (including phenoxy) is 2. The van der Waals surface area contributed by atoms with E-state index in [0.29, 0.717) is 29.1 Å². The zero-order chi connectivity index (χ0) is 19.8. The Morgan fingerprint density at radius 1 is 1.22 bits per heavy atom. The molecule has 1 amide bonds. The minimum atomic E-state index is -0.264. The molecule has 0 aromatic heterocycles. The molecule has 0 heterocycles. The highest BCUT2D eigenvalue weighted by molar-refractivity contribution is 6.32. The van der Waals surface area contributed by atoms with Crippen LogP contribution in [0.3, 0.4) is 0 Å². The number of nitrogens with one attached hydrogen (secondary N) is 2. The Morgan fingerprint density at radius 3 is 2.56 bits per heavy atom. The van der Waals surface area contributed by atoms with Gasteiger partial charge in [0.2, 0.25) is 0 Å². The number of rotatable bonds is 9. The molecule has 2 aromatic rings. The molecule has 146 valence electrons. The highest BCUT2D eigenvalue weighted by Crippen LogP contribution is 2.36. The van der Waals surface area contributed by atoms with Crippen molar-refractivity contribution in [2.24, 2.45) is 0 Å². The van der Waals surface area contributed by atoms with Gasteiger partial charge in [-0.1, -0.05) is 36.2 Å². The molecular weight excluding hydrogens is 364 g/mol. The molecule has 0 aliphatic rings. The fourth-order valence-electron chi connectivity index (χ4n) is 2.42. The SMILES string of the molecule is CC[C@H](C)NCc1cc(Cl)c(OCC(=O)Nc2ccc(C)cc2)c(OC)c1. The molecule has 0 unspecified atom stereocenters. The molecule has 27 heavy (non-hydrogen) atoms. The molecule has 2 rings (SSSR count). The number of anilines is 1. The molecule has 0 saturated heterocycles. The number of hydrogen-bond donors (Lipinski definition) is 2. The van der Waals surface area contributed by atoms with Crippen LogP contribution in [0.25, 0.3) is 0 Å².